The Balaban J connectivity index is 0.00000256. The minimum atomic E-state index is -0.0442. The van der Waals surface area contributed by atoms with Gasteiger partial charge in [-0.2, -0.15) is 5.10 Å². The summed E-state index contributed by atoms with van der Waals surface area (Å²) in [6.45, 7) is 3.43. The fourth-order valence-electron chi connectivity index (χ4n) is 3.40. The van der Waals surface area contributed by atoms with Gasteiger partial charge in [0.15, 0.2) is 17.3 Å². The van der Waals surface area contributed by atoms with Crippen LogP contribution in [-0.4, -0.2) is 30.7 Å². The molecule has 1 unspecified atom stereocenters. The number of thiazole rings is 1. The molecule has 0 fully saturated rings. The van der Waals surface area contributed by atoms with Crippen molar-refractivity contribution in [2.75, 3.05) is 19.2 Å². The van der Waals surface area contributed by atoms with E-state index in [1.54, 1.807) is 32.5 Å². The van der Waals surface area contributed by atoms with Crippen LogP contribution in [0.5, 0.6) is 11.5 Å². The van der Waals surface area contributed by atoms with Crippen LogP contribution in [0.1, 0.15) is 45.2 Å². The maximum atomic E-state index is 11.9. The number of thiophene rings is 1. The smallest absolute Gasteiger partial charge is 0.207 e. The number of methoxy groups -OCH3 is 2. The molecular formula is C21H22BrN3O3S2. The molecule has 1 aliphatic rings. The molecule has 0 saturated heterocycles. The zero-order valence-electron chi connectivity index (χ0n) is 17.0. The molecule has 1 atom stereocenters. The number of hydrogen-bond acceptors (Lipinski definition) is 8. The van der Waals surface area contributed by atoms with Crippen molar-refractivity contribution in [2.45, 2.75) is 26.3 Å². The van der Waals surface area contributed by atoms with E-state index >= 15 is 0 Å². The van der Waals surface area contributed by atoms with Crippen molar-refractivity contribution in [3.8, 4) is 11.5 Å². The molecule has 0 N–H and O–H groups in total. The van der Waals surface area contributed by atoms with Crippen molar-refractivity contribution >= 4 is 56.3 Å². The lowest BCUT2D eigenvalue weighted by Gasteiger charge is -2.22. The van der Waals surface area contributed by atoms with Gasteiger partial charge in [-0.05, 0) is 36.1 Å². The summed E-state index contributed by atoms with van der Waals surface area (Å²) in [6, 6.07) is 9.97. The summed E-state index contributed by atoms with van der Waals surface area (Å²) in [5, 5.41) is 9.60. The zero-order valence-corrected chi connectivity index (χ0v) is 20.4. The zero-order chi connectivity index (χ0) is 20.5. The number of hydrogen-bond donors (Lipinski definition) is 0. The first-order valence-corrected chi connectivity index (χ1v) is 10.8. The van der Waals surface area contributed by atoms with Gasteiger partial charge in [-0.1, -0.05) is 23.5 Å². The lowest BCUT2D eigenvalue weighted by atomic mass is 10.0. The highest BCUT2D eigenvalue weighted by Crippen LogP contribution is 2.42. The number of aryl methyl sites for hydroxylation is 1. The molecule has 1 aromatic carbocycles. The molecule has 0 spiro atoms. The monoisotopic (exact) mass is 507 g/mol. The second-order valence-corrected chi connectivity index (χ2v) is 8.60. The Hall–Kier alpha value is -2.23. The van der Waals surface area contributed by atoms with Crippen molar-refractivity contribution < 1.29 is 14.3 Å². The molecule has 30 heavy (non-hydrogen) atoms. The van der Waals surface area contributed by atoms with E-state index < -0.39 is 0 Å². The van der Waals surface area contributed by atoms with E-state index in [9.17, 15) is 4.79 Å². The Labute approximate surface area is 193 Å². The number of Topliss-reactive ketones (excluding diaryl/α,β-unsaturated/α-hetero) is 1. The number of halogens is 1. The first-order chi connectivity index (χ1) is 14.0. The first-order valence-electron chi connectivity index (χ1n) is 9.12. The molecule has 2 aromatic heterocycles. The van der Waals surface area contributed by atoms with Crippen LogP contribution in [0.3, 0.4) is 0 Å². The Morgan fingerprint density at radius 2 is 1.97 bits per heavy atom. The molecule has 0 bridgehead atoms. The number of anilines is 1. The summed E-state index contributed by atoms with van der Waals surface area (Å²) >= 11 is 3.05. The molecule has 4 rings (SSSR count). The standard InChI is InChI=1S/C21H21N3O3S2.BrH/c1-12-20(13(2)25)29-21(22-12)24-16(11-15(23-24)19-6-5-9-28-19)14-7-8-17(26-3)18(10-14)27-4;/h5-10,16H,11H2,1-4H3;1H. The highest BCUT2D eigenvalue weighted by Gasteiger charge is 2.33. The van der Waals surface area contributed by atoms with Crippen LogP contribution in [0, 0.1) is 6.92 Å². The molecular weight excluding hydrogens is 486 g/mol. The molecule has 1 aliphatic heterocycles. The Kier molecular flexibility index (Phi) is 6.95. The highest BCUT2D eigenvalue weighted by atomic mass is 79.9. The molecule has 9 heteroatoms. The van der Waals surface area contributed by atoms with Crippen LogP contribution >= 0.6 is 39.7 Å². The van der Waals surface area contributed by atoms with Gasteiger partial charge in [0.2, 0.25) is 5.13 Å². The topological polar surface area (TPSA) is 64.0 Å². The summed E-state index contributed by atoms with van der Waals surface area (Å²) in [7, 11) is 3.25. The van der Waals surface area contributed by atoms with Crippen molar-refractivity contribution in [1.29, 1.82) is 0 Å². The van der Waals surface area contributed by atoms with Gasteiger partial charge in [-0.3, -0.25) is 4.79 Å². The van der Waals surface area contributed by atoms with Gasteiger partial charge in [0.05, 0.1) is 41.4 Å². The summed E-state index contributed by atoms with van der Waals surface area (Å²) in [5.74, 6) is 1.38. The van der Waals surface area contributed by atoms with Gasteiger partial charge in [-0.25, -0.2) is 9.99 Å². The highest BCUT2D eigenvalue weighted by molar-refractivity contribution is 8.93. The van der Waals surface area contributed by atoms with Crippen LogP contribution in [0.15, 0.2) is 40.8 Å². The number of benzene rings is 1. The van der Waals surface area contributed by atoms with Gasteiger partial charge in [0.1, 0.15) is 0 Å². The number of hydrazone groups is 1. The third-order valence-corrected chi connectivity index (χ3v) is 6.98. The van der Waals surface area contributed by atoms with Crippen molar-refractivity contribution in [1.82, 2.24) is 4.98 Å². The average Bonchev–Trinajstić information content (AvgIpc) is 3.45. The van der Waals surface area contributed by atoms with Crippen LogP contribution in [0.4, 0.5) is 5.13 Å². The fourth-order valence-corrected chi connectivity index (χ4v) is 5.09. The van der Waals surface area contributed by atoms with E-state index in [1.165, 1.54) is 11.3 Å². The normalized spacial score (nSPS) is 15.5. The summed E-state index contributed by atoms with van der Waals surface area (Å²) < 4.78 is 10.9. The molecule has 0 saturated carbocycles. The summed E-state index contributed by atoms with van der Waals surface area (Å²) in [4.78, 5) is 18.4. The maximum Gasteiger partial charge on any atom is 0.207 e. The number of nitrogens with zero attached hydrogens (tertiary/aromatic N) is 3. The Bertz CT molecular complexity index is 1080. The largest absolute Gasteiger partial charge is 0.493 e. The summed E-state index contributed by atoms with van der Waals surface area (Å²) in [5.41, 5.74) is 2.80. The predicted molar refractivity (Wildman–Crippen MR) is 127 cm³/mol. The number of aromatic nitrogens is 1. The van der Waals surface area contributed by atoms with Crippen LogP contribution < -0.4 is 14.5 Å². The Morgan fingerprint density at radius 1 is 1.20 bits per heavy atom. The van der Waals surface area contributed by atoms with Crippen molar-refractivity contribution in [3.63, 3.8) is 0 Å². The van der Waals surface area contributed by atoms with Crippen LogP contribution in [-0.2, 0) is 0 Å². The molecule has 3 heterocycles. The molecule has 158 valence electrons. The average molecular weight is 508 g/mol. The van der Waals surface area contributed by atoms with Crippen LogP contribution in [0.25, 0.3) is 0 Å². The molecule has 0 radical (unpaired) electrons. The van der Waals surface area contributed by atoms with Gasteiger partial charge in [0, 0.05) is 13.3 Å². The lowest BCUT2D eigenvalue weighted by Crippen LogP contribution is -2.18. The summed E-state index contributed by atoms with van der Waals surface area (Å²) in [6.07, 6.45) is 0.740. The van der Waals surface area contributed by atoms with Gasteiger partial charge in [-0.15, -0.1) is 28.3 Å². The second kappa shape index (κ2) is 9.28. The van der Waals surface area contributed by atoms with E-state index in [2.05, 4.69) is 11.1 Å². The SMILES string of the molecule is Br.COc1ccc(C2CC(c3cccs3)=NN2c2nc(C)c(C(C)=O)s2)cc1OC. The number of ether oxygens (including phenoxy) is 2. The number of carbonyl (C=O) groups is 1. The maximum absolute atomic E-state index is 11.9. The Morgan fingerprint density at radius 3 is 2.57 bits per heavy atom. The quantitative estimate of drug-likeness (QED) is 0.402. The van der Waals surface area contributed by atoms with Gasteiger partial charge in [0.25, 0.3) is 0 Å². The third-order valence-electron chi connectivity index (χ3n) is 4.81. The first kappa shape index (κ1) is 22.5. The third kappa shape index (κ3) is 4.14. The molecule has 6 nitrogen and oxygen atoms in total. The molecule has 0 amide bonds. The lowest BCUT2D eigenvalue weighted by molar-refractivity contribution is 0.102. The van der Waals surface area contributed by atoms with E-state index in [0.717, 1.165) is 33.4 Å². The minimum Gasteiger partial charge on any atom is -0.493 e. The van der Waals surface area contributed by atoms with E-state index in [-0.39, 0.29) is 28.8 Å². The van der Waals surface area contributed by atoms with Crippen molar-refractivity contribution in [2.24, 2.45) is 5.10 Å². The number of carbonyl (C=O) groups excluding carboxylic acids is 1. The fraction of sp³-hybridized carbons (Fsp3) is 0.286. The van der Waals surface area contributed by atoms with Gasteiger partial charge >= 0.3 is 0 Å². The van der Waals surface area contributed by atoms with E-state index in [4.69, 9.17) is 14.6 Å². The predicted octanol–water partition coefficient (Wildman–Crippen LogP) is 5.67. The molecule has 0 aliphatic carbocycles. The molecule has 3 aromatic rings. The van der Waals surface area contributed by atoms with Gasteiger partial charge < -0.3 is 9.47 Å². The van der Waals surface area contributed by atoms with Crippen LogP contribution in [0.2, 0.25) is 0 Å². The number of ketones is 1. The van der Waals surface area contributed by atoms with Crippen molar-refractivity contribution in [3.05, 3.63) is 56.7 Å². The van der Waals surface area contributed by atoms with E-state index in [0.29, 0.717) is 16.4 Å². The minimum absolute atomic E-state index is 0. The second-order valence-electron chi connectivity index (χ2n) is 6.67. The number of rotatable bonds is 6. The van der Waals surface area contributed by atoms with E-state index in [1.807, 2.05) is 41.6 Å².